The first-order chi connectivity index (χ1) is 17.3. The number of carbonyl (C=O) groups excluding carboxylic acids is 6. The van der Waals surface area contributed by atoms with E-state index >= 15 is 0 Å². The van der Waals surface area contributed by atoms with Crippen LogP contribution in [0.15, 0.2) is 0 Å². The van der Waals surface area contributed by atoms with Crippen LogP contribution in [-0.4, -0.2) is 91.3 Å². The Bertz CT molecular complexity index is 959. The average Bonchev–Trinajstić information content (AvgIpc) is 2.69. The van der Waals surface area contributed by atoms with Crippen LogP contribution in [0.3, 0.4) is 0 Å². The molecule has 38 heavy (non-hydrogen) atoms. The molecule has 0 rings (SSSR count). The Kier molecular flexibility index (Phi) is 12.2. The second kappa shape index (κ2) is 14.0. The van der Waals surface area contributed by atoms with E-state index < -0.39 is 109 Å². The topological polar surface area (TPSA) is 289 Å². The van der Waals surface area contributed by atoms with Crippen molar-refractivity contribution >= 4 is 59.7 Å². The predicted molar refractivity (Wildman–Crippen MR) is 109 cm³/mol. The molecule has 0 bridgehead atoms. The fourth-order valence-electron chi connectivity index (χ4n) is 2.75. The first kappa shape index (κ1) is 33.1. The van der Waals surface area contributed by atoms with E-state index in [4.69, 9.17) is 10.2 Å². The molecule has 4 N–H and O–H groups in total. The zero-order valence-corrected chi connectivity index (χ0v) is 19.7. The molecular formula is C20H22O18. The van der Waals surface area contributed by atoms with Crippen LogP contribution < -0.4 is 0 Å². The molecule has 18 heteroatoms. The van der Waals surface area contributed by atoms with Crippen LogP contribution in [0.5, 0.6) is 0 Å². The minimum atomic E-state index is -3.08. The number of carboxylic acid groups (broad SMARTS) is 4. The van der Waals surface area contributed by atoms with E-state index in [2.05, 4.69) is 18.9 Å². The smallest absolute Gasteiger partial charge is 0.349 e. The Balaban J connectivity index is 5.72. The third-order valence-electron chi connectivity index (χ3n) is 4.18. The molecule has 2 unspecified atom stereocenters. The monoisotopic (exact) mass is 550 g/mol. The number of hydrogen-bond donors (Lipinski definition) is 4. The summed E-state index contributed by atoms with van der Waals surface area (Å²) in [5.41, 5.74) is -6.16. The molecule has 0 radical (unpaired) electrons. The molecule has 0 heterocycles. The summed E-state index contributed by atoms with van der Waals surface area (Å²) in [5.74, 6) is -16.7. The van der Waals surface area contributed by atoms with Gasteiger partial charge in [-0.15, -0.1) is 0 Å². The van der Waals surface area contributed by atoms with Gasteiger partial charge in [0, 0.05) is 13.8 Å². The summed E-state index contributed by atoms with van der Waals surface area (Å²) in [5, 5.41) is 36.8. The van der Waals surface area contributed by atoms with Gasteiger partial charge in [-0.3, -0.25) is 38.4 Å². The lowest BCUT2D eigenvalue weighted by atomic mass is 9.95. The third-order valence-corrected chi connectivity index (χ3v) is 4.18. The second-order valence-electron chi connectivity index (χ2n) is 7.47. The number of hydrogen-bond acceptors (Lipinski definition) is 14. The van der Waals surface area contributed by atoms with Gasteiger partial charge < -0.3 is 39.4 Å². The molecule has 0 saturated carbocycles. The van der Waals surface area contributed by atoms with Gasteiger partial charge in [0.05, 0.1) is 38.5 Å². The molecular weight excluding hydrogens is 528 g/mol. The van der Waals surface area contributed by atoms with Crippen molar-refractivity contribution in [2.24, 2.45) is 0 Å². The quantitative estimate of drug-likeness (QED) is 0.101. The molecule has 2 atom stereocenters. The van der Waals surface area contributed by atoms with Gasteiger partial charge in [-0.05, 0) is 0 Å². The maximum atomic E-state index is 12.2. The lowest BCUT2D eigenvalue weighted by Crippen LogP contribution is -2.48. The molecule has 18 nitrogen and oxygen atoms in total. The van der Waals surface area contributed by atoms with Gasteiger partial charge in [-0.25, -0.2) is 9.59 Å². The van der Waals surface area contributed by atoms with Gasteiger partial charge in [-0.2, -0.15) is 0 Å². The molecule has 0 aromatic rings. The van der Waals surface area contributed by atoms with Gasteiger partial charge in [0.15, 0.2) is 0 Å². The van der Waals surface area contributed by atoms with Gasteiger partial charge in [0.25, 0.3) is 0 Å². The highest BCUT2D eigenvalue weighted by molar-refractivity contribution is 5.95. The summed E-state index contributed by atoms with van der Waals surface area (Å²) in [6.45, 7) is 1.55. The van der Waals surface area contributed by atoms with Gasteiger partial charge in [0.2, 0.25) is 11.2 Å². The Morgan fingerprint density at radius 2 is 0.789 bits per heavy atom. The Labute approximate surface area is 211 Å². The number of esters is 6. The highest BCUT2D eigenvalue weighted by Gasteiger charge is 2.49. The fraction of sp³-hybridized carbons (Fsp3) is 0.500. The van der Waals surface area contributed by atoms with E-state index in [1.807, 2.05) is 0 Å². The van der Waals surface area contributed by atoms with Crippen LogP contribution in [0.25, 0.3) is 0 Å². The molecule has 0 spiro atoms. The van der Waals surface area contributed by atoms with E-state index in [0.29, 0.717) is 0 Å². The summed E-state index contributed by atoms with van der Waals surface area (Å²) >= 11 is 0. The molecule has 0 aliphatic carbocycles. The summed E-state index contributed by atoms with van der Waals surface area (Å²) in [6.07, 6.45) is -8.05. The highest BCUT2D eigenvalue weighted by atomic mass is 16.6. The van der Waals surface area contributed by atoms with Gasteiger partial charge >= 0.3 is 59.7 Å². The van der Waals surface area contributed by atoms with Crippen LogP contribution in [0.1, 0.15) is 52.4 Å². The molecule has 210 valence electrons. The second-order valence-corrected chi connectivity index (χ2v) is 7.47. The molecule has 0 amide bonds. The summed E-state index contributed by atoms with van der Waals surface area (Å²) in [4.78, 5) is 115. The van der Waals surface area contributed by atoms with E-state index in [0.717, 1.165) is 13.8 Å². The zero-order chi connectivity index (χ0) is 29.8. The van der Waals surface area contributed by atoms with Crippen LogP contribution in [-0.2, 0) is 66.9 Å². The Hall–Kier alpha value is -4.90. The molecule has 0 fully saturated rings. The molecule has 0 saturated heterocycles. The first-order valence-electron chi connectivity index (χ1n) is 10.1. The van der Waals surface area contributed by atoms with Crippen molar-refractivity contribution in [3.05, 3.63) is 0 Å². The van der Waals surface area contributed by atoms with Crippen molar-refractivity contribution in [1.29, 1.82) is 0 Å². The van der Waals surface area contributed by atoms with Crippen molar-refractivity contribution in [2.45, 2.75) is 63.6 Å². The number of carbonyl (C=O) groups is 10. The van der Waals surface area contributed by atoms with Crippen molar-refractivity contribution in [1.82, 2.24) is 0 Å². The number of aliphatic carboxylic acids is 4. The van der Waals surface area contributed by atoms with Crippen LogP contribution in [0.2, 0.25) is 0 Å². The molecule has 0 aliphatic rings. The normalized spacial score (nSPS) is 13.4. The van der Waals surface area contributed by atoms with E-state index in [9.17, 15) is 58.2 Å². The minimum Gasteiger partial charge on any atom is -0.481 e. The maximum Gasteiger partial charge on any atom is 0.349 e. The largest absolute Gasteiger partial charge is 0.481 e. The SMILES string of the molecule is CC(=O)OC(=O)CC(CC(=O)O)(OC(=O)CCC(=O)OC(CC(=O)O)(CC(=O)OC(C)=O)C(=O)O)C(=O)O. The van der Waals surface area contributed by atoms with Gasteiger partial charge in [0.1, 0.15) is 0 Å². The lowest BCUT2D eigenvalue weighted by Gasteiger charge is -2.27. The summed E-state index contributed by atoms with van der Waals surface area (Å²) < 4.78 is 17.4. The Morgan fingerprint density at radius 3 is 1.00 bits per heavy atom. The molecule has 0 aromatic carbocycles. The lowest BCUT2D eigenvalue weighted by molar-refractivity contribution is -0.191. The van der Waals surface area contributed by atoms with Crippen LogP contribution in [0, 0.1) is 0 Å². The van der Waals surface area contributed by atoms with E-state index in [1.54, 1.807) is 0 Å². The number of ether oxygens (including phenoxy) is 4. The first-order valence-corrected chi connectivity index (χ1v) is 10.1. The van der Waals surface area contributed by atoms with Crippen molar-refractivity contribution in [2.75, 3.05) is 0 Å². The van der Waals surface area contributed by atoms with Crippen molar-refractivity contribution in [3.63, 3.8) is 0 Å². The summed E-state index contributed by atoms with van der Waals surface area (Å²) in [6, 6.07) is 0. The average molecular weight is 550 g/mol. The predicted octanol–water partition coefficient (Wildman–Crippen LogP) is -1.59. The third kappa shape index (κ3) is 11.2. The maximum absolute atomic E-state index is 12.2. The zero-order valence-electron chi connectivity index (χ0n) is 19.7. The van der Waals surface area contributed by atoms with E-state index in [1.165, 1.54) is 0 Å². The van der Waals surface area contributed by atoms with Crippen LogP contribution in [0.4, 0.5) is 0 Å². The van der Waals surface area contributed by atoms with Crippen molar-refractivity contribution < 1.29 is 87.3 Å². The standard InChI is InChI=1S/C20H22O18/c1-9(21)35-15(29)7-19(17(31)32,5-11(23)24)37-13(27)3-4-14(28)38-20(18(33)34,6-12(25)26)8-16(30)36-10(2)22/h3-8H2,1-2H3,(H,23,24)(H,25,26)(H,31,32)(H,33,34). The number of carboxylic acids is 4. The molecule has 0 aliphatic heterocycles. The minimum absolute atomic E-state index is 0.774. The summed E-state index contributed by atoms with van der Waals surface area (Å²) in [7, 11) is 0. The number of rotatable bonds is 15. The van der Waals surface area contributed by atoms with Crippen LogP contribution >= 0.6 is 0 Å². The highest BCUT2D eigenvalue weighted by Crippen LogP contribution is 2.26. The Morgan fingerprint density at radius 1 is 0.500 bits per heavy atom. The van der Waals surface area contributed by atoms with Gasteiger partial charge in [-0.1, -0.05) is 0 Å². The molecule has 0 aromatic heterocycles. The fourth-order valence-corrected chi connectivity index (χ4v) is 2.75. The van der Waals surface area contributed by atoms with E-state index in [-0.39, 0.29) is 0 Å². The van der Waals surface area contributed by atoms with Crippen molar-refractivity contribution in [3.8, 4) is 0 Å².